The molecule has 5 heteroatoms. The van der Waals surface area contributed by atoms with Crippen molar-refractivity contribution in [1.82, 2.24) is 4.90 Å². The molecule has 2 saturated heterocycles. The van der Waals surface area contributed by atoms with Crippen LogP contribution in [0.2, 0.25) is 0 Å². The smallest absolute Gasteiger partial charge is 0.230 e. The minimum atomic E-state index is -0.305. The first-order valence-corrected chi connectivity index (χ1v) is 9.57. The number of rotatable bonds is 2. The minimum absolute atomic E-state index is 0.193. The first kappa shape index (κ1) is 16.8. The van der Waals surface area contributed by atoms with E-state index < -0.39 is 0 Å². The Kier molecular flexibility index (Phi) is 4.44. The molecule has 3 aliphatic rings. The second-order valence-electron chi connectivity index (χ2n) is 8.00. The van der Waals surface area contributed by atoms with Crippen LogP contribution in [0.1, 0.15) is 44.9 Å². The van der Waals surface area contributed by atoms with Gasteiger partial charge in [-0.2, -0.15) is 0 Å². The van der Waals surface area contributed by atoms with E-state index in [2.05, 4.69) is 9.80 Å². The fourth-order valence-electron chi connectivity index (χ4n) is 4.97. The Balaban J connectivity index is 1.49. The Morgan fingerprint density at radius 3 is 2.68 bits per heavy atom. The number of aliphatic hydroxyl groups is 1. The lowest BCUT2D eigenvalue weighted by molar-refractivity contribution is -0.139. The molecule has 2 heterocycles. The van der Waals surface area contributed by atoms with Crippen molar-refractivity contribution in [3.63, 3.8) is 0 Å². The molecule has 3 fully saturated rings. The van der Waals surface area contributed by atoms with Crippen molar-refractivity contribution in [3.05, 3.63) is 30.1 Å². The Hall–Kier alpha value is -1.62. The molecule has 0 bridgehead atoms. The number of aliphatic hydroxyl groups excluding tert-OH is 1. The molecular weight excluding hydrogens is 319 g/mol. The van der Waals surface area contributed by atoms with Crippen LogP contribution in [-0.2, 0) is 4.79 Å². The number of piperidine rings is 1. The van der Waals surface area contributed by atoms with Crippen molar-refractivity contribution >= 4 is 11.6 Å². The maximum atomic E-state index is 13.6. The third-order valence-corrected chi connectivity index (χ3v) is 6.40. The summed E-state index contributed by atoms with van der Waals surface area (Å²) in [5.74, 6) is 0.0623. The molecule has 1 saturated carbocycles. The van der Waals surface area contributed by atoms with Gasteiger partial charge in [0.2, 0.25) is 5.91 Å². The average Bonchev–Trinajstić information content (AvgIpc) is 2.92. The maximum Gasteiger partial charge on any atom is 0.230 e. The molecule has 4 nitrogen and oxygen atoms in total. The van der Waals surface area contributed by atoms with Crippen LogP contribution in [-0.4, -0.2) is 47.7 Å². The zero-order valence-corrected chi connectivity index (χ0v) is 14.7. The highest BCUT2D eigenvalue weighted by atomic mass is 19.1. The van der Waals surface area contributed by atoms with Crippen molar-refractivity contribution < 1.29 is 14.3 Å². The van der Waals surface area contributed by atoms with E-state index in [0.717, 1.165) is 63.7 Å². The van der Waals surface area contributed by atoms with E-state index in [0.29, 0.717) is 12.6 Å². The minimum Gasteiger partial charge on any atom is -0.393 e. The predicted octanol–water partition coefficient (Wildman–Crippen LogP) is 2.95. The number of carbonyl (C=O) groups excluding carboxylic acids is 1. The number of carbonyl (C=O) groups is 1. The second kappa shape index (κ2) is 6.60. The van der Waals surface area contributed by atoms with Crippen LogP contribution in [0.25, 0.3) is 0 Å². The van der Waals surface area contributed by atoms with Crippen molar-refractivity contribution in [3.8, 4) is 0 Å². The van der Waals surface area contributed by atoms with Crippen LogP contribution in [0.3, 0.4) is 0 Å². The number of hydrogen-bond acceptors (Lipinski definition) is 3. The van der Waals surface area contributed by atoms with Gasteiger partial charge in [0.25, 0.3) is 0 Å². The van der Waals surface area contributed by atoms with Gasteiger partial charge in [-0.3, -0.25) is 4.79 Å². The summed E-state index contributed by atoms with van der Waals surface area (Å²) >= 11 is 0. The van der Waals surface area contributed by atoms with Crippen LogP contribution in [0.15, 0.2) is 24.3 Å². The molecule has 136 valence electrons. The summed E-state index contributed by atoms with van der Waals surface area (Å²) in [6.45, 7) is 2.41. The van der Waals surface area contributed by atoms with Crippen LogP contribution >= 0.6 is 0 Å². The van der Waals surface area contributed by atoms with E-state index >= 15 is 0 Å². The number of amides is 1. The molecule has 2 aliphatic heterocycles. The van der Waals surface area contributed by atoms with Gasteiger partial charge in [-0.1, -0.05) is 6.07 Å². The third kappa shape index (κ3) is 3.14. The first-order valence-electron chi connectivity index (χ1n) is 9.57. The van der Waals surface area contributed by atoms with Gasteiger partial charge in [0.15, 0.2) is 0 Å². The highest BCUT2D eigenvalue weighted by molar-refractivity contribution is 5.86. The summed E-state index contributed by atoms with van der Waals surface area (Å²) in [6.07, 6.45) is 6.04. The lowest BCUT2D eigenvalue weighted by atomic mass is 9.78. The van der Waals surface area contributed by atoms with E-state index in [4.69, 9.17) is 0 Å². The zero-order chi connectivity index (χ0) is 17.4. The van der Waals surface area contributed by atoms with E-state index in [1.165, 1.54) is 6.07 Å². The maximum absolute atomic E-state index is 13.6. The van der Waals surface area contributed by atoms with Crippen LogP contribution < -0.4 is 4.90 Å². The molecule has 1 spiro atoms. The molecule has 1 aromatic carbocycles. The summed E-state index contributed by atoms with van der Waals surface area (Å²) < 4.78 is 13.6. The second-order valence-corrected chi connectivity index (χ2v) is 8.00. The molecule has 1 unspecified atom stereocenters. The molecular formula is C20H27FN2O2. The van der Waals surface area contributed by atoms with E-state index in [9.17, 15) is 14.3 Å². The van der Waals surface area contributed by atoms with Crippen molar-refractivity contribution in [2.45, 2.75) is 57.1 Å². The largest absolute Gasteiger partial charge is 0.393 e. The van der Waals surface area contributed by atoms with Gasteiger partial charge in [-0.25, -0.2) is 4.39 Å². The van der Waals surface area contributed by atoms with Crippen molar-refractivity contribution in [2.75, 3.05) is 24.5 Å². The lowest BCUT2D eigenvalue weighted by Crippen LogP contribution is -2.50. The number of halogens is 1. The van der Waals surface area contributed by atoms with Crippen LogP contribution in [0, 0.1) is 11.2 Å². The van der Waals surface area contributed by atoms with Gasteiger partial charge in [0.1, 0.15) is 5.82 Å². The van der Waals surface area contributed by atoms with Gasteiger partial charge in [-0.05, 0) is 63.1 Å². The van der Waals surface area contributed by atoms with E-state index in [-0.39, 0.29) is 23.2 Å². The molecule has 1 aromatic rings. The van der Waals surface area contributed by atoms with E-state index in [1.807, 2.05) is 6.07 Å². The van der Waals surface area contributed by atoms with Gasteiger partial charge < -0.3 is 14.9 Å². The number of benzene rings is 1. The quantitative estimate of drug-likeness (QED) is 0.895. The Morgan fingerprint density at radius 1 is 1.12 bits per heavy atom. The highest BCUT2D eigenvalue weighted by Crippen LogP contribution is 2.43. The van der Waals surface area contributed by atoms with Crippen LogP contribution in [0.4, 0.5) is 10.1 Å². The Labute approximate surface area is 148 Å². The highest BCUT2D eigenvalue weighted by Gasteiger charge is 2.50. The third-order valence-electron chi connectivity index (χ3n) is 6.40. The Bertz CT molecular complexity index is 644. The number of hydrogen-bond donors (Lipinski definition) is 1. The normalized spacial score (nSPS) is 33.3. The van der Waals surface area contributed by atoms with Gasteiger partial charge in [-0.15, -0.1) is 0 Å². The number of likely N-dealkylation sites (tertiary alicyclic amines) is 1. The molecule has 1 atom stereocenters. The first-order chi connectivity index (χ1) is 12.1. The molecule has 25 heavy (non-hydrogen) atoms. The summed E-state index contributed by atoms with van der Waals surface area (Å²) in [7, 11) is 0. The fraction of sp³-hybridized carbons (Fsp3) is 0.650. The fourth-order valence-corrected chi connectivity index (χ4v) is 4.97. The van der Waals surface area contributed by atoms with Crippen molar-refractivity contribution in [2.24, 2.45) is 5.41 Å². The molecule has 1 N–H and O–H groups in total. The molecule has 0 radical (unpaired) electrons. The topological polar surface area (TPSA) is 43.8 Å². The van der Waals surface area contributed by atoms with Gasteiger partial charge in [0.05, 0.1) is 11.5 Å². The van der Waals surface area contributed by atoms with Crippen molar-refractivity contribution in [1.29, 1.82) is 0 Å². The molecule has 4 rings (SSSR count). The zero-order valence-electron chi connectivity index (χ0n) is 14.7. The lowest BCUT2D eigenvalue weighted by Gasteiger charge is -2.41. The Morgan fingerprint density at radius 2 is 1.92 bits per heavy atom. The van der Waals surface area contributed by atoms with Crippen LogP contribution in [0.5, 0.6) is 0 Å². The molecule has 0 aromatic heterocycles. The monoisotopic (exact) mass is 346 g/mol. The molecule has 1 aliphatic carbocycles. The SMILES string of the molecule is O=C1N([C@H]2CC[C@H](O)CC2)CCC12CCCN(c1cccc(F)c1)C2. The summed E-state index contributed by atoms with van der Waals surface area (Å²) in [4.78, 5) is 17.5. The average molecular weight is 346 g/mol. The standard InChI is InChI=1S/C20H27FN2O2/c21-15-3-1-4-17(13-15)22-11-2-9-20(14-22)10-12-23(19(20)25)16-5-7-18(24)8-6-16/h1,3-4,13,16,18,24H,2,5-12,14H2/t16-,18-,20?. The predicted molar refractivity (Wildman–Crippen MR) is 94.9 cm³/mol. The summed E-state index contributed by atoms with van der Waals surface area (Å²) in [5, 5.41) is 9.72. The van der Waals surface area contributed by atoms with Gasteiger partial charge >= 0.3 is 0 Å². The molecule has 1 amide bonds. The number of anilines is 1. The summed E-state index contributed by atoms with van der Waals surface area (Å²) in [5.41, 5.74) is 0.576. The number of nitrogens with zero attached hydrogens (tertiary/aromatic N) is 2. The summed E-state index contributed by atoms with van der Waals surface area (Å²) in [6, 6.07) is 6.99. The van der Waals surface area contributed by atoms with E-state index in [1.54, 1.807) is 12.1 Å². The van der Waals surface area contributed by atoms with Gasteiger partial charge in [0, 0.05) is 31.4 Å².